The maximum Gasteiger partial charge on any atom is 0.259 e. The molecule has 1 atom stereocenters. The van der Waals surface area contributed by atoms with E-state index in [-0.39, 0.29) is 13.0 Å². The third-order valence-corrected chi connectivity index (χ3v) is 1.84. The average molecular weight is 174 g/mol. The average Bonchev–Trinajstić information content (AvgIpc) is 2.32. The Balaban J connectivity index is 2.89. The standard InChI is InChI=1S/C6H10N2O4/c7-4(10)6(5(8)11)1-3(9)2-12-6/h3,9H,1-2H2,(H2,7,10)(H2,8,11). The van der Waals surface area contributed by atoms with Crippen LogP contribution in [0.4, 0.5) is 0 Å². The van der Waals surface area contributed by atoms with Crippen LogP contribution in [0.3, 0.4) is 0 Å². The van der Waals surface area contributed by atoms with Gasteiger partial charge in [0.15, 0.2) is 0 Å². The molecule has 1 aliphatic heterocycles. The molecule has 1 aliphatic rings. The number of rotatable bonds is 2. The van der Waals surface area contributed by atoms with E-state index in [1.54, 1.807) is 0 Å². The summed E-state index contributed by atoms with van der Waals surface area (Å²) in [6.07, 6.45) is -1.01. The molecule has 6 nitrogen and oxygen atoms in total. The van der Waals surface area contributed by atoms with E-state index < -0.39 is 23.5 Å². The van der Waals surface area contributed by atoms with Crippen molar-refractivity contribution in [1.29, 1.82) is 0 Å². The quantitative estimate of drug-likeness (QED) is 0.400. The highest BCUT2D eigenvalue weighted by atomic mass is 16.5. The van der Waals surface area contributed by atoms with Gasteiger partial charge in [-0.1, -0.05) is 0 Å². The second kappa shape index (κ2) is 2.72. The van der Waals surface area contributed by atoms with Gasteiger partial charge in [0.1, 0.15) is 0 Å². The molecule has 6 heteroatoms. The van der Waals surface area contributed by atoms with Crippen LogP contribution in [0.1, 0.15) is 6.42 Å². The summed E-state index contributed by atoms with van der Waals surface area (Å²) in [6.45, 7) is -0.0914. The summed E-state index contributed by atoms with van der Waals surface area (Å²) in [5.74, 6) is -1.90. The van der Waals surface area contributed by atoms with Gasteiger partial charge < -0.3 is 21.3 Å². The van der Waals surface area contributed by atoms with Crippen LogP contribution in [0, 0.1) is 0 Å². The molecule has 0 radical (unpaired) electrons. The zero-order valence-corrected chi connectivity index (χ0v) is 6.32. The van der Waals surface area contributed by atoms with Gasteiger partial charge >= 0.3 is 0 Å². The van der Waals surface area contributed by atoms with E-state index in [2.05, 4.69) is 0 Å². The first kappa shape index (κ1) is 8.95. The third kappa shape index (κ3) is 1.15. The van der Waals surface area contributed by atoms with Crippen LogP contribution in [0.25, 0.3) is 0 Å². The number of aliphatic hydroxyl groups is 1. The van der Waals surface area contributed by atoms with Gasteiger partial charge in [-0.25, -0.2) is 0 Å². The highest BCUT2D eigenvalue weighted by molar-refractivity contribution is 6.07. The Bertz CT molecular complexity index is 214. The van der Waals surface area contributed by atoms with E-state index >= 15 is 0 Å². The molecule has 1 fully saturated rings. The first-order chi connectivity index (χ1) is 5.49. The molecule has 1 saturated heterocycles. The lowest BCUT2D eigenvalue weighted by molar-refractivity contribution is -0.151. The molecule has 1 heterocycles. The number of hydrogen-bond acceptors (Lipinski definition) is 4. The predicted molar refractivity (Wildman–Crippen MR) is 37.7 cm³/mol. The Hall–Kier alpha value is -1.14. The molecule has 12 heavy (non-hydrogen) atoms. The van der Waals surface area contributed by atoms with E-state index in [0.29, 0.717) is 0 Å². The number of carbonyl (C=O) groups excluding carboxylic acids is 2. The van der Waals surface area contributed by atoms with Crippen molar-refractivity contribution in [2.75, 3.05) is 6.61 Å². The maximum atomic E-state index is 10.8. The lowest BCUT2D eigenvalue weighted by Crippen LogP contribution is -2.53. The predicted octanol–water partition coefficient (Wildman–Crippen LogP) is -2.52. The van der Waals surface area contributed by atoms with E-state index in [9.17, 15) is 9.59 Å². The summed E-state index contributed by atoms with van der Waals surface area (Å²) in [5.41, 5.74) is 8.03. The van der Waals surface area contributed by atoms with Crippen LogP contribution >= 0.6 is 0 Å². The highest BCUT2D eigenvalue weighted by Crippen LogP contribution is 2.25. The van der Waals surface area contributed by atoms with Crippen molar-refractivity contribution in [2.24, 2.45) is 11.5 Å². The van der Waals surface area contributed by atoms with Crippen LogP contribution in [-0.4, -0.2) is 35.2 Å². The Morgan fingerprint density at radius 1 is 1.42 bits per heavy atom. The van der Waals surface area contributed by atoms with Crippen molar-refractivity contribution < 1.29 is 19.4 Å². The second-order valence-electron chi connectivity index (χ2n) is 2.72. The molecule has 0 saturated carbocycles. The number of ether oxygens (including phenoxy) is 1. The summed E-state index contributed by atoms with van der Waals surface area (Å²) in [5, 5.41) is 9.02. The summed E-state index contributed by atoms with van der Waals surface area (Å²) in [7, 11) is 0. The Morgan fingerprint density at radius 3 is 2.08 bits per heavy atom. The van der Waals surface area contributed by atoms with E-state index in [1.807, 2.05) is 0 Å². The van der Waals surface area contributed by atoms with Gasteiger partial charge in [-0.2, -0.15) is 0 Å². The molecule has 1 rings (SSSR count). The van der Waals surface area contributed by atoms with Crippen LogP contribution in [-0.2, 0) is 14.3 Å². The molecular formula is C6H10N2O4. The summed E-state index contributed by atoms with van der Waals surface area (Å²) >= 11 is 0. The Morgan fingerprint density at radius 2 is 1.92 bits per heavy atom. The van der Waals surface area contributed by atoms with Crippen molar-refractivity contribution in [3.63, 3.8) is 0 Å². The molecule has 0 aliphatic carbocycles. The van der Waals surface area contributed by atoms with Crippen molar-refractivity contribution >= 4 is 11.8 Å². The van der Waals surface area contributed by atoms with Crippen molar-refractivity contribution in [3.8, 4) is 0 Å². The molecule has 5 N–H and O–H groups in total. The zero-order valence-electron chi connectivity index (χ0n) is 6.32. The Labute approximate surface area is 68.5 Å². The molecule has 0 spiro atoms. The summed E-state index contributed by atoms with van der Waals surface area (Å²) in [6, 6.07) is 0. The smallest absolute Gasteiger partial charge is 0.259 e. The molecule has 1 unspecified atom stereocenters. The fraction of sp³-hybridized carbons (Fsp3) is 0.667. The summed E-state index contributed by atoms with van der Waals surface area (Å²) in [4.78, 5) is 21.6. The molecular weight excluding hydrogens is 164 g/mol. The molecule has 0 aromatic heterocycles. The van der Waals surface area contributed by atoms with Crippen LogP contribution in [0.2, 0.25) is 0 Å². The largest absolute Gasteiger partial charge is 0.391 e. The number of amides is 2. The van der Waals surface area contributed by atoms with Gasteiger partial charge in [0, 0.05) is 6.42 Å². The number of aliphatic hydroxyl groups excluding tert-OH is 1. The summed E-state index contributed by atoms with van der Waals surface area (Å²) < 4.78 is 4.78. The van der Waals surface area contributed by atoms with E-state index in [4.69, 9.17) is 21.3 Å². The fourth-order valence-electron chi connectivity index (χ4n) is 1.15. The zero-order chi connectivity index (χ0) is 9.35. The minimum atomic E-state index is -1.81. The first-order valence-electron chi connectivity index (χ1n) is 3.41. The normalized spacial score (nSPS) is 26.9. The van der Waals surface area contributed by atoms with Crippen LogP contribution in [0.5, 0.6) is 0 Å². The van der Waals surface area contributed by atoms with E-state index in [0.717, 1.165) is 0 Å². The monoisotopic (exact) mass is 174 g/mol. The molecule has 0 aromatic rings. The van der Waals surface area contributed by atoms with Crippen molar-refractivity contribution in [3.05, 3.63) is 0 Å². The lowest BCUT2D eigenvalue weighted by Gasteiger charge is -2.19. The minimum Gasteiger partial charge on any atom is -0.391 e. The van der Waals surface area contributed by atoms with Crippen molar-refractivity contribution in [1.82, 2.24) is 0 Å². The Kier molecular flexibility index (Phi) is 2.03. The minimum absolute atomic E-state index is 0.0914. The maximum absolute atomic E-state index is 10.8. The topological polar surface area (TPSA) is 116 Å². The van der Waals surface area contributed by atoms with Gasteiger partial charge in [-0.05, 0) is 0 Å². The van der Waals surface area contributed by atoms with Gasteiger partial charge in [0.25, 0.3) is 11.8 Å². The molecule has 2 amide bonds. The van der Waals surface area contributed by atoms with Gasteiger partial charge in [-0.3, -0.25) is 9.59 Å². The molecule has 0 bridgehead atoms. The fourth-order valence-corrected chi connectivity index (χ4v) is 1.15. The number of carbonyl (C=O) groups is 2. The number of primary amides is 2. The first-order valence-corrected chi connectivity index (χ1v) is 3.41. The van der Waals surface area contributed by atoms with Crippen LogP contribution in [0.15, 0.2) is 0 Å². The third-order valence-electron chi connectivity index (χ3n) is 1.84. The number of hydrogen-bond donors (Lipinski definition) is 3. The van der Waals surface area contributed by atoms with Gasteiger partial charge in [-0.15, -0.1) is 0 Å². The SMILES string of the molecule is NC(=O)C1(C(N)=O)CC(O)CO1. The molecule has 0 aromatic carbocycles. The molecule has 68 valence electrons. The highest BCUT2D eigenvalue weighted by Gasteiger charge is 2.50. The van der Waals surface area contributed by atoms with E-state index in [1.165, 1.54) is 0 Å². The lowest BCUT2D eigenvalue weighted by atomic mass is 9.98. The second-order valence-corrected chi connectivity index (χ2v) is 2.72. The number of nitrogens with two attached hydrogens (primary N) is 2. The van der Waals surface area contributed by atoms with Crippen LogP contribution < -0.4 is 11.5 Å². The van der Waals surface area contributed by atoms with Gasteiger partial charge in [0.05, 0.1) is 12.7 Å². The van der Waals surface area contributed by atoms with Crippen molar-refractivity contribution in [2.45, 2.75) is 18.1 Å². The van der Waals surface area contributed by atoms with Gasteiger partial charge in [0.2, 0.25) is 5.60 Å².